The lowest BCUT2D eigenvalue weighted by Crippen LogP contribution is -2.22. The van der Waals surface area contributed by atoms with Crippen molar-refractivity contribution >= 4 is 46.6 Å². The van der Waals surface area contributed by atoms with E-state index >= 15 is 0 Å². The van der Waals surface area contributed by atoms with Crippen LogP contribution in [0.4, 0.5) is 0 Å². The van der Waals surface area contributed by atoms with E-state index in [0.29, 0.717) is 6.42 Å². The lowest BCUT2D eigenvalue weighted by Gasteiger charge is -2.17. The first kappa shape index (κ1) is 25.1. The molecule has 32 heavy (non-hydrogen) atoms. The van der Waals surface area contributed by atoms with Gasteiger partial charge in [-0.1, -0.05) is 42.5 Å². The first-order valence-corrected chi connectivity index (χ1v) is 13.6. The zero-order chi connectivity index (χ0) is 22.9. The fraction of sp³-hybridized carbons (Fsp3) is 0.417. The van der Waals surface area contributed by atoms with Gasteiger partial charge in [-0.15, -0.1) is 23.1 Å². The quantitative estimate of drug-likeness (QED) is 0.303. The number of aliphatic carboxylic acids is 1. The second-order valence-corrected chi connectivity index (χ2v) is 11.0. The minimum Gasteiger partial charge on any atom is -0.481 e. The number of thiophene rings is 1. The van der Waals surface area contributed by atoms with Gasteiger partial charge in [0.15, 0.2) is 0 Å². The average Bonchev–Trinajstić information content (AvgIpc) is 3.37. The van der Waals surface area contributed by atoms with Crippen LogP contribution in [0.3, 0.4) is 0 Å². The van der Waals surface area contributed by atoms with Crippen LogP contribution >= 0.6 is 34.9 Å². The number of carboxylic acids is 1. The number of rotatable bonds is 12. The highest BCUT2D eigenvalue weighted by Crippen LogP contribution is 2.34. The molecule has 0 saturated heterocycles. The number of carbonyl (C=O) groups excluding carboxylic acids is 1. The monoisotopic (exact) mass is 492 g/mol. The molecule has 3 rings (SSSR count). The maximum Gasteiger partial charge on any atom is 0.313 e. The van der Waals surface area contributed by atoms with Gasteiger partial charge in [0.25, 0.3) is 0 Å². The van der Waals surface area contributed by atoms with E-state index in [2.05, 4.69) is 18.2 Å². The molecule has 3 unspecified atom stereocenters. The van der Waals surface area contributed by atoms with Gasteiger partial charge < -0.3 is 15.3 Å². The van der Waals surface area contributed by atoms with Gasteiger partial charge in [0, 0.05) is 23.6 Å². The molecule has 172 valence electrons. The Bertz CT molecular complexity index is 912. The summed E-state index contributed by atoms with van der Waals surface area (Å²) in [5, 5.41) is 31.3. The second-order valence-electron chi connectivity index (χ2n) is 7.74. The van der Waals surface area contributed by atoms with Gasteiger partial charge in [-0.2, -0.15) is 11.8 Å². The Balaban J connectivity index is 1.52. The van der Waals surface area contributed by atoms with Crippen molar-refractivity contribution in [3.8, 4) is 10.4 Å². The zero-order valence-electron chi connectivity index (χ0n) is 17.6. The summed E-state index contributed by atoms with van der Waals surface area (Å²) in [5.74, 6) is 0.453. The Hall–Kier alpha value is -1.58. The molecule has 1 aliphatic rings. The van der Waals surface area contributed by atoms with Crippen molar-refractivity contribution in [1.82, 2.24) is 0 Å². The van der Waals surface area contributed by atoms with Crippen LogP contribution in [-0.4, -0.2) is 61.8 Å². The van der Waals surface area contributed by atoms with Crippen molar-refractivity contribution in [3.05, 3.63) is 59.5 Å². The van der Waals surface area contributed by atoms with Crippen LogP contribution < -0.4 is 0 Å². The number of Topliss-reactive ketones (excluding diaryl/α,β-unsaturated/α-hetero) is 1. The standard InChI is InChI=1S/C24H28O5S3/c25-18(13-16-4-1-5-17(12-16)22-6-2-10-31-22)7-8-19-20(26)14-21(27)24(19)32-11-3-9-30-15-23(28)29/h1-2,4-8,10,12,18-20,24-26H,3,9,11,13-15H2,(H,28,29)/t18?,19-,20?,24?/m0/s1. The van der Waals surface area contributed by atoms with E-state index in [1.165, 1.54) is 28.4 Å². The summed E-state index contributed by atoms with van der Waals surface area (Å²) >= 11 is 4.56. The van der Waals surface area contributed by atoms with E-state index in [4.69, 9.17) is 5.11 Å². The molecule has 0 aliphatic heterocycles. The number of aliphatic hydroxyl groups excluding tert-OH is 2. The second kappa shape index (κ2) is 12.6. The molecule has 1 aliphatic carbocycles. The Labute approximate surface area is 200 Å². The third kappa shape index (κ3) is 7.49. The summed E-state index contributed by atoms with van der Waals surface area (Å²) in [7, 11) is 0. The number of thioether (sulfide) groups is 2. The van der Waals surface area contributed by atoms with Gasteiger partial charge in [-0.25, -0.2) is 0 Å². The van der Waals surface area contributed by atoms with Crippen LogP contribution in [0.5, 0.6) is 0 Å². The van der Waals surface area contributed by atoms with Crippen molar-refractivity contribution in [2.45, 2.75) is 36.7 Å². The molecular weight excluding hydrogens is 464 g/mol. The number of benzene rings is 1. The van der Waals surface area contributed by atoms with E-state index in [1.807, 2.05) is 23.6 Å². The molecule has 4 atom stereocenters. The minimum atomic E-state index is -0.821. The van der Waals surface area contributed by atoms with Crippen LogP contribution in [0.25, 0.3) is 10.4 Å². The number of hydrogen-bond donors (Lipinski definition) is 3. The van der Waals surface area contributed by atoms with Gasteiger partial charge in [-0.3, -0.25) is 9.59 Å². The predicted molar refractivity (Wildman–Crippen MR) is 134 cm³/mol. The van der Waals surface area contributed by atoms with E-state index in [9.17, 15) is 19.8 Å². The molecule has 5 nitrogen and oxygen atoms in total. The van der Waals surface area contributed by atoms with Crippen LogP contribution in [0.2, 0.25) is 0 Å². The third-order valence-electron chi connectivity index (χ3n) is 5.21. The lowest BCUT2D eigenvalue weighted by atomic mass is 10.0. The van der Waals surface area contributed by atoms with Crippen molar-refractivity contribution in [3.63, 3.8) is 0 Å². The molecule has 8 heteroatoms. The van der Waals surface area contributed by atoms with Crippen LogP contribution in [0.1, 0.15) is 18.4 Å². The molecule has 3 N–H and O–H groups in total. The summed E-state index contributed by atoms with van der Waals surface area (Å²) in [6, 6.07) is 12.2. The first-order valence-electron chi connectivity index (χ1n) is 10.5. The predicted octanol–water partition coefficient (Wildman–Crippen LogP) is 4.13. The maximum atomic E-state index is 12.3. The topological polar surface area (TPSA) is 94.8 Å². The van der Waals surface area contributed by atoms with Gasteiger partial charge in [-0.05, 0) is 40.5 Å². The number of carbonyl (C=O) groups is 2. The normalized spacial score (nSPS) is 21.9. The third-order valence-corrected chi connectivity index (χ3v) is 8.62. The average molecular weight is 493 g/mol. The van der Waals surface area contributed by atoms with Crippen molar-refractivity contribution in [2.24, 2.45) is 5.92 Å². The molecule has 0 radical (unpaired) electrons. The molecule has 1 aromatic carbocycles. The van der Waals surface area contributed by atoms with Crippen molar-refractivity contribution in [1.29, 1.82) is 0 Å². The Morgan fingerprint density at radius 1 is 1.25 bits per heavy atom. The molecular formula is C24H28O5S3. The van der Waals surface area contributed by atoms with E-state index < -0.39 is 18.2 Å². The van der Waals surface area contributed by atoms with E-state index in [1.54, 1.807) is 23.5 Å². The van der Waals surface area contributed by atoms with Crippen molar-refractivity contribution < 1.29 is 24.9 Å². The smallest absolute Gasteiger partial charge is 0.313 e. The van der Waals surface area contributed by atoms with Gasteiger partial charge in [0.2, 0.25) is 0 Å². The van der Waals surface area contributed by atoms with Crippen LogP contribution in [0.15, 0.2) is 53.9 Å². The van der Waals surface area contributed by atoms with Crippen molar-refractivity contribution in [2.75, 3.05) is 17.3 Å². The van der Waals surface area contributed by atoms with Gasteiger partial charge >= 0.3 is 5.97 Å². The highest BCUT2D eigenvalue weighted by Gasteiger charge is 2.40. The van der Waals surface area contributed by atoms with Crippen LogP contribution in [0, 0.1) is 5.92 Å². The summed E-state index contributed by atoms with van der Waals surface area (Å²) in [6.07, 6.45) is 3.47. The summed E-state index contributed by atoms with van der Waals surface area (Å²) in [5.41, 5.74) is 2.16. The fourth-order valence-electron chi connectivity index (χ4n) is 3.70. The SMILES string of the molecule is O=C(O)CSCCCSC1C(=O)CC(O)[C@@H]1C=CC(O)Cc1cccc(-c2cccs2)c1. The summed E-state index contributed by atoms with van der Waals surface area (Å²) < 4.78 is 0. The van der Waals surface area contributed by atoms with Crippen LogP contribution in [-0.2, 0) is 16.0 Å². The molecule has 0 spiro atoms. The number of aliphatic hydroxyl groups is 2. The molecule has 0 bridgehead atoms. The highest BCUT2D eigenvalue weighted by atomic mass is 32.2. The summed E-state index contributed by atoms with van der Waals surface area (Å²) in [6.45, 7) is 0. The molecule has 1 fully saturated rings. The maximum absolute atomic E-state index is 12.3. The van der Waals surface area contributed by atoms with Gasteiger partial charge in [0.1, 0.15) is 5.78 Å². The van der Waals surface area contributed by atoms with Gasteiger partial charge in [0.05, 0.1) is 23.2 Å². The van der Waals surface area contributed by atoms with E-state index in [0.717, 1.165) is 29.1 Å². The number of carboxylic acid groups (broad SMARTS) is 1. The lowest BCUT2D eigenvalue weighted by molar-refractivity contribution is -0.133. The zero-order valence-corrected chi connectivity index (χ0v) is 20.1. The largest absolute Gasteiger partial charge is 0.481 e. The Morgan fingerprint density at radius 3 is 2.84 bits per heavy atom. The molecule has 0 amide bonds. The molecule has 1 saturated carbocycles. The highest BCUT2D eigenvalue weighted by molar-refractivity contribution is 8.01. The summed E-state index contributed by atoms with van der Waals surface area (Å²) in [4.78, 5) is 24.1. The number of hydrogen-bond acceptors (Lipinski definition) is 7. The minimum absolute atomic E-state index is 0.0356. The molecule has 1 aromatic heterocycles. The Kier molecular flexibility index (Phi) is 9.87. The Morgan fingerprint density at radius 2 is 2.09 bits per heavy atom. The number of ketones is 1. The fourth-order valence-corrected chi connectivity index (χ4v) is 6.61. The molecule has 2 aromatic rings. The molecule has 1 heterocycles. The first-order chi connectivity index (χ1) is 15.4. The van der Waals surface area contributed by atoms with E-state index in [-0.39, 0.29) is 29.1 Å².